The van der Waals surface area contributed by atoms with Crippen LogP contribution < -0.4 is 10.2 Å². The molecule has 1 unspecified atom stereocenters. The summed E-state index contributed by atoms with van der Waals surface area (Å²) in [5, 5.41) is 7.65. The van der Waals surface area contributed by atoms with Gasteiger partial charge in [-0.1, -0.05) is 28.1 Å². The number of rotatable bonds is 6. The van der Waals surface area contributed by atoms with Crippen molar-refractivity contribution in [1.82, 2.24) is 19.7 Å². The molecule has 8 heteroatoms. The number of likely N-dealkylation sites (N-methyl/N-ethyl adjacent to an activating group) is 1. The van der Waals surface area contributed by atoms with Crippen LogP contribution in [0.3, 0.4) is 0 Å². The highest BCUT2D eigenvalue weighted by atomic mass is 79.9. The van der Waals surface area contributed by atoms with E-state index in [1.54, 1.807) is 4.68 Å². The van der Waals surface area contributed by atoms with Gasteiger partial charge < -0.3 is 14.8 Å². The van der Waals surface area contributed by atoms with Gasteiger partial charge in [-0.15, -0.1) is 5.10 Å². The molecule has 1 atom stereocenters. The number of carbonyl (C=O) groups excluding carboxylic acids is 1. The van der Waals surface area contributed by atoms with Crippen LogP contribution in [0.5, 0.6) is 0 Å². The maximum atomic E-state index is 11.9. The van der Waals surface area contributed by atoms with Gasteiger partial charge in [0.1, 0.15) is 0 Å². The van der Waals surface area contributed by atoms with Gasteiger partial charge in [0.25, 0.3) is 5.91 Å². The molecule has 0 bridgehead atoms. The summed E-state index contributed by atoms with van der Waals surface area (Å²) in [5.74, 6) is 0.904. The van der Waals surface area contributed by atoms with Crippen LogP contribution in [0.1, 0.15) is 12.8 Å². The minimum Gasteiger partial charge on any atom is -0.348 e. The Balaban J connectivity index is 1.73. The smallest absolute Gasteiger partial charge is 0.275 e. The van der Waals surface area contributed by atoms with Crippen LogP contribution in [0.25, 0.3) is 11.4 Å². The topological polar surface area (TPSA) is 56.3 Å². The lowest BCUT2D eigenvalue weighted by molar-refractivity contribution is -0.895. The molecule has 1 aliphatic rings. The molecule has 3 rings (SSSR count). The first-order chi connectivity index (χ1) is 11.4. The number of amides is 1. The number of nitrogens with zero attached hydrogens (tertiary/aromatic N) is 3. The van der Waals surface area contributed by atoms with Gasteiger partial charge in [0, 0.05) is 23.1 Å². The van der Waals surface area contributed by atoms with E-state index in [0.717, 1.165) is 33.6 Å². The van der Waals surface area contributed by atoms with Crippen molar-refractivity contribution in [3.8, 4) is 11.4 Å². The largest absolute Gasteiger partial charge is 0.348 e. The molecule has 0 saturated heterocycles. The third-order valence-corrected chi connectivity index (χ3v) is 4.93. The first kappa shape index (κ1) is 17.3. The van der Waals surface area contributed by atoms with E-state index in [9.17, 15) is 4.79 Å². The molecule has 0 spiro atoms. The summed E-state index contributed by atoms with van der Waals surface area (Å²) in [4.78, 5) is 13.0. The van der Waals surface area contributed by atoms with Gasteiger partial charge in [0.2, 0.25) is 4.77 Å². The maximum Gasteiger partial charge on any atom is 0.275 e. The van der Waals surface area contributed by atoms with Gasteiger partial charge in [0.05, 0.1) is 7.05 Å². The lowest BCUT2D eigenvalue weighted by Crippen LogP contribution is -3.09. The van der Waals surface area contributed by atoms with E-state index in [4.69, 9.17) is 12.2 Å². The average Bonchev–Trinajstić information content (AvgIpc) is 3.28. The van der Waals surface area contributed by atoms with Gasteiger partial charge in [-0.3, -0.25) is 4.79 Å². The summed E-state index contributed by atoms with van der Waals surface area (Å²) in [7, 11) is 3.89. The number of nitrogens with one attached hydrogen (secondary N) is 2. The highest BCUT2D eigenvalue weighted by Gasteiger charge is 2.24. The summed E-state index contributed by atoms with van der Waals surface area (Å²) in [6.07, 6.45) is 2.21. The van der Waals surface area contributed by atoms with Crippen LogP contribution in [0.2, 0.25) is 0 Å². The summed E-state index contributed by atoms with van der Waals surface area (Å²) in [5.41, 5.74) is 1.00. The fourth-order valence-electron chi connectivity index (χ4n) is 2.56. The van der Waals surface area contributed by atoms with Crippen molar-refractivity contribution < 1.29 is 9.69 Å². The third kappa shape index (κ3) is 4.12. The van der Waals surface area contributed by atoms with Crippen LogP contribution in [-0.4, -0.2) is 39.9 Å². The van der Waals surface area contributed by atoms with Gasteiger partial charge >= 0.3 is 0 Å². The van der Waals surface area contributed by atoms with Gasteiger partial charge in [-0.25, -0.2) is 0 Å². The molecule has 1 aromatic heterocycles. The van der Waals surface area contributed by atoms with Crippen LogP contribution in [0.15, 0.2) is 28.7 Å². The zero-order chi connectivity index (χ0) is 17.3. The Kier molecular flexibility index (Phi) is 5.17. The van der Waals surface area contributed by atoms with E-state index in [1.165, 1.54) is 0 Å². The molecule has 0 radical (unpaired) electrons. The van der Waals surface area contributed by atoms with E-state index in [2.05, 4.69) is 26.3 Å². The Morgan fingerprint density at radius 2 is 2.25 bits per heavy atom. The van der Waals surface area contributed by atoms with E-state index in [0.29, 0.717) is 24.0 Å². The molecular formula is C16H21BrN5OS+. The van der Waals surface area contributed by atoms with Crippen LogP contribution in [0.4, 0.5) is 0 Å². The SMILES string of the molecule is Cn1c(-c2cccc(Br)c2)nn(C[NH+](C)CC(=O)NC2CC2)c1=S. The first-order valence-corrected chi connectivity index (χ1v) is 9.14. The Morgan fingerprint density at radius 3 is 2.92 bits per heavy atom. The van der Waals surface area contributed by atoms with Gasteiger partial charge in [-0.05, 0) is 37.2 Å². The second-order valence-electron chi connectivity index (χ2n) is 6.31. The summed E-state index contributed by atoms with van der Waals surface area (Å²) >= 11 is 8.98. The minimum atomic E-state index is 0.0877. The number of halogens is 1. The monoisotopic (exact) mass is 410 g/mol. The van der Waals surface area contributed by atoms with E-state index in [1.807, 2.05) is 42.9 Å². The Bertz CT molecular complexity index is 811. The number of quaternary nitrogens is 1. The molecule has 1 fully saturated rings. The van der Waals surface area contributed by atoms with Crippen molar-refractivity contribution in [2.75, 3.05) is 13.6 Å². The Labute approximate surface area is 154 Å². The molecule has 1 heterocycles. The van der Waals surface area contributed by atoms with Gasteiger partial charge in [0.15, 0.2) is 19.0 Å². The molecule has 24 heavy (non-hydrogen) atoms. The standard InChI is InChI=1S/C16H20BrN5OS/c1-20(9-14(23)18-13-6-7-13)10-22-16(24)21(2)15(19-22)11-4-3-5-12(17)8-11/h3-5,8,13H,6-7,9-10H2,1-2H3,(H,18,23)/p+1. The molecule has 1 aromatic carbocycles. The molecule has 2 aromatic rings. The van der Waals surface area contributed by atoms with E-state index >= 15 is 0 Å². The summed E-state index contributed by atoms with van der Waals surface area (Å²) in [6, 6.07) is 8.37. The first-order valence-electron chi connectivity index (χ1n) is 7.94. The fourth-order valence-corrected chi connectivity index (χ4v) is 3.15. The van der Waals surface area contributed by atoms with Crippen LogP contribution in [-0.2, 0) is 18.5 Å². The Morgan fingerprint density at radius 1 is 1.50 bits per heavy atom. The lowest BCUT2D eigenvalue weighted by atomic mass is 10.2. The van der Waals surface area contributed by atoms with E-state index in [-0.39, 0.29) is 5.91 Å². The molecule has 1 aliphatic carbocycles. The predicted octanol–water partition coefficient (Wildman–Crippen LogP) is 1.13. The third-order valence-electron chi connectivity index (χ3n) is 3.95. The van der Waals surface area contributed by atoms with Gasteiger partial charge in [-0.2, -0.15) is 4.68 Å². The number of carbonyl (C=O) groups is 1. The number of aromatic nitrogens is 3. The Hall–Kier alpha value is -1.51. The molecule has 1 saturated carbocycles. The predicted molar refractivity (Wildman–Crippen MR) is 98.1 cm³/mol. The highest BCUT2D eigenvalue weighted by Crippen LogP contribution is 2.21. The molecule has 128 valence electrons. The molecular weight excluding hydrogens is 390 g/mol. The highest BCUT2D eigenvalue weighted by molar-refractivity contribution is 9.10. The van der Waals surface area contributed by atoms with Crippen molar-refractivity contribution in [2.45, 2.75) is 25.6 Å². The fraction of sp³-hybridized carbons (Fsp3) is 0.438. The summed E-state index contributed by atoms with van der Waals surface area (Å²) < 4.78 is 5.33. The number of benzene rings is 1. The normalized spacial score (nSPS) is 15.3. The molecule has 2 N–H and O–H groups in total. The lowest BCUT2D eigenvalue weighted by Gasteiger charge is -2.13. The van der Waals surface area contributed by atoms with Crippen molar-refractivity contribution in [3.05, 3.63) is 33.5 Å². The van der Waals surface area contributed by atoms with Crippen molar-refractivity contribution >= 4 is 34.1 Å². The van der Waals surface area contributed by atoms with Crippen LogP contribution >= 0.6 is 28.1 Å². The minimum absolute atomic E-state index is 0.0877. The quantitative estimate of drug-likeness (QED) is 0.701. The molecule has 1 amide bonds. The second-order valence-corrected chi connectivity index (χ2v) is 7.59. The average molecular weight is 411 g/mol. The zero-order valence-corrected chi connectivity index (χ0v) is 16.2. The van der Waals surface area contributed by atoms with Crippen molar-refractivity contribution in [3.63, 3.8) is 0 Å². The zero-order valence-electron chi connectivity index (χ0n) is 13.8. The number of hydrogen-bond acceptors (Lipinski definition) is 3. The van der Waals surface area contributed by atoms with E-state index < -0.39 is 0 Å². The van der Waals surface area contributed by atoms with Crippen LogP contribution in [0, 0.1) is 4.77 Å². The molecule has 6 nitrogen and oxygen atoms in total. The summed E-state index contributed by atoms with van der Waals surface area (Å²) in [6.45, 7) is 0.972. The second kappa shape index (κ2) is 7.16. The maximum absolute atomic E-state index is 11.9. The number of hydrogen-bond donors (Lipinski definition) is 2. The van der Waals surface area contributed by atoms with Crippen molar-refractivity contribution in [1.29, 1.82) is 0 Å². The molecule has 0 aliphatic heterocycles. The van der Waals surface area contributed by atoms with Crippen molar-refractivity contribution in [2.24, 2.45) is 7.05 Å².